The molecule has 0 saturated heterocycles. The number of nitrogens with zero attached hydrogens (tertiary/aromatic N) is 2. The largest absolute Gasteiger partial charge is 0.329 e. The molecule has 1 aliphatic rings. The van der Waals surface area contributed by atoms with Gasteiger partial charge in [0.1, 0.15) is 0 Å². The molecule has 1 aliphatic heterocycles. The molecule has 7 heteroatoms. The third-order valence-electron chi connectivity index (χ3n) is 3.98. The van der Waals surface area contributed by atoms with Gasteiger partial charge in [0.25, 0.3) is 5.91 Å². The van der Waals surface area contributed by atoms with Crippen molar-refractivity contribution in [3.8, 4) is 0 Å². The minimum atomic E-state index is -4.13. The lowest BCUT2D eigenvalue weighted by Crippen LogP contribution is -2.55. The Morgan fingerprint density at radius 2 is 1.60 bits per heavy atom. The van der Waals surface area contributed by atoms with Crippen molar-refractivity contribution in [3.63, 3.8) is 0 Å². The normalized spacial score (nSPS) is 16.0. The van der Waals surface area contributed by atoms with Gasteiger partial charge in [-0.05, 0) is 26.0 Å². The van der Waals surface area contributed by atoms with Crippen LogP contribution in [-0.4, -0.2) is 37.0 Å². The van der Waals surface area contributed by atoms with E-state index in [4.69, 9.17) is 0 Å². The fraction of sp³-hybridized carbons (Fsp3) is 0.222. The summed E-state index contributed by atoms with van der Waals surface area (Å²) >= 11 is 0. The highest BCUT2D eigenvalue weighted by Crippen LogP contribution is 2.33. The van der Waals surface area contributed by atoms with Crippen LogP contribution in [0.15, 0.2) is 54.6 Å². The highest BCUT2D eigenvalue weighted by molar-refractivity contribution is 7.91. The molecular weight excluding hydrogens is 340 g/mol. The molecule has 0 radical (unpaired) electrons. The monoisotopic (exact) mass is 358 g/mol. The molecule has 3 rings (SSSR count). The number of carbonyl (C=O) groups excluding carboxylic acids is 2. The molecule has 2 aromatic rings. The van der Waals surface area contributed by atoms with Crippen molar-refractivity contribution in [1.29, 1.82) is 0 Å². The van der Waals surface area contributed by atoms with Gasteiger partial charge in [-0.1, -0.05) is 42.5 Å². The molecule has 2 aromatic carbocycles. The SMILES string of the molecule is CC(C)N1C(=O)c2ccccc2N(CC(=O)c2ccccc2)S1(=O)=O. The fourth-order valence-corrected chi connectivity index (χ4v) is 4.58. The zero-order chi connectivity index (χ0) is 18.2. The van der Waals surface area contributed by atoms with Gasteiger partial charge in [0.2, 0.25) is 0 Å². The maximum absolute atomic E-state index is 13.0. The molecule has 130 valence electrons. The van der Waals surface area contributed by atoms with E-state index in [1.165, 1.54) is 0 Å². The Labute approximate surface area is 146 Å². The van der Waals surface area contributed by atoms with E-state index in [9.17, 15) is 18.0 Å². The zero-order valence-electron chi connectivity index (χ0n) is 13.9. The quantitative estimate of drug-likeness (QED) is 0.787. The van der Waals surface area contributed by atoms with E-state index in [2.05, 4.69) is 0 Å². The number of benzene rings is 2. The van der Waals surface area contributed by atoms with E-state index in [0.29, 0.717) is 5.56 Å². The predicted octanol–water partition coefficient (Wildman–Crippen LogP) is 2.48. The van der Waals surface area contributed by atoms with Crippen molar-refractivity contribution in [2.45, 2.75) is 19.9 Å². The molecule has 0 saturated carbocycles. The maximum atomic E-state index is 13.0. The van der Waals surface area contributed by atoms with Gasteiger partial charge < -0.3 is 0 Å². The second-order valence-electron chi connectivity index (χ2n) is 6.02. The van der Waals surface area contributed by atoms with Gasteiger partial charge in [0, 0.05) is 11.6 Å². The summed E-state index contributed by atoms with van der Waals surface area (Å²) in [7, 11) is -4.13. The van der Waals surface area contributed by atoms with E-state index >= 15 is 0 Å². The number of anilines is 1. The Bertz CT molecular complexity index is 923. The highest BCUT2D eigenvalue weighted by Gasteiger charge is 2.43. The number of para-hydroxylation sites is 1. The second kappa shape index (κ2) is 6.33. The first-order chi connectivity index (χ1) is 11.8. The predicted molar refractivity (Wildman–Crippen MR) is 94.8 cm³/mol. The van der Waals surface area contributed by atoms with Crippen LogP contribution < -0.4 is 4.31 Å². The van der Waals surface area contributed by atoms with Gasteiger partial charge >= 0.3 is 10.2 Å². The fourth-order valence-electron chi connectivity index (χ4n) is 2.84. The molecule has 0 aromatic heterocycles. The molecule has 1 heterocycles. The summed E-state index contributed by atoms with van der Waals surface area (Å²) in [6, 6.07) is 14.4. The molecule has 6 nitrogen and oxygen atoms in total. The van der Waals surface area contributed by atoms with Crippen molar-refractivity contribution in [2.75, 3.05) is 10.8 Å². The van der Waals surface area contributed by atoms with Gasteiger partial charge in [-0.15, -0.1) is 0 Å². The van der Waals surface area contributed by atoms with Crippen LogP contribution in [0.3, 0.4) is 0 Å². The molecule has 0 N–H and O–H groups in total. The Hall–Kier alpha value is -2.67. The third-order valence-corrected chi connectivity index (χ3v) is 5.95. The molecule has 0 atom stereocenters. The number of carbonyl (C=O) groups is 2. The van der Waals surface area contributed by atoms with Crippen LogP contribution in [0.2, 0.25) is 0 Å². The Kier molecular flexibility index (Phi) is 4.34. The smallest absolute Gasteiger partial charge is 0.292 e. The van der Waals surface area contributed by atoms with E-state index in [0.717, 1.165) is 8.61 Å². The minimum Gasteiger partial charge on any atom is -0.292 e. The molecule has 0 fully saturated rings. The van der Waals surface area contributed by atoms with Crippen LogP contribution in [0.25, 0.3) is 0 Å². The van der Waals surface area contributed by atoms with Crippen molar-refractivity contribution < 1.29 is 18.0 Å². The molecule has 0 spiro atoms. The van der Waals surface area contributed by atoms with Crippen molar-refractivity contribution in [1.82, 2.24) is 4.31 Å². The van der Waals surface area contributed by atoms with Crippen LogP contribution in [0, 0.1) is 0 Å². The van der Waals surface area contributed by atoms with Crippen LogP contribution in [-0.2, 0) is 10.2 Å². The summed E-state index contributed by atoms with van der Waals surface area (Å²) in [5.74, 6) is -0.911. The van der Waals surface area contributed by atoms with Gasteiger partial charge in [0.05, 0.1) is 17.8 Å². The number of hydrogen-bond acceptors (Lipinski definition) is 4. The standard InChI is InChI=1S/C18H18N2O4S/c1-13(2)20-18(22)15-10-6-7-11-16(15)19(25(20,23)24)12-17(21)14-8-4-3-5-9-14/h3-11,13H,12H2,1-2H3. The molecule has 1 amide bonds. The lowest BCUT2D eigenvalue weighted by atomic mass is 10.1. The van der Waals surface area contributed by atoms with Gasteiger partial charge in [-0.3, -0.25) is 9.59 Å². The topological polar surface area (TPSA) is 74.8 Å². The minimum absolute atomic E-state index is 0.230. The number of amides is 1. The Morgan fingerprint density at radius 3 is 2.24 bits per heavy atom. The highest BCUT2D eigenvalue weighted by atomic mass is 32.2. The summed E-state index contributed by atoms with van der Waals surface area (Å²) in [5, 5.41) is 0. The van der Waals surface area contributed by atoms with Crippen LogP contribution in [0.5, 0.6) is 0 Å². The Balaban J connectivity index is 2.09. The molecular formula is C18H18N2O4S. The molecule has 0 unspecified atom stereocenters. The third kappa shape index (κ3) is 2.91. The first-order valence-electron chi connectivity index (χ1n) is 7.87. The number of fused-ring (bicyclic) bond motifs is 1. The lowest BCUT2D eigenvalue weighted by Gasteiger charge is -2.38. The van der Waals surface area contributed by atoms with E-state index in [-0.39, 0.29) is 23.6 Å². The summed E-state index contributed by atoms with van der Waals surface area (Å²) in [5.41, 5.74) is 0.920. The van der Waals surface area contributed by atoms with E-state index in [1.807, 2.05) is 0 Å². The van der Waals surface area contributed by atoms with Gasteiger partial charge in [-0.2, -0.15) is 8.42 Å². The zero-order valence-corrected chi connectivity index (χ0v) is 14.7. The van der Waals surface area contributed by atoms with E-state index < -0.39 is 22.2 Å². The summed E-state index contributed by atoms with van der Waals surface area (Å²) < 4.78 is 27.8. The molecule has 0 bridgehead atoms. The van der Waals surface area contributed by atoms with Gasteiger partial charge in [-0.25, -0.2) is 8.61 Å². The first-order valence-corrected chi connectivity index (χ1v) is 9.27. The van der Waals surface area contributed by atoms with Crippen LogP contribution in [0.1, 0.15) is 34.6 Å². The first kappa shape index (κ1) is 17.2. The maximum Gasteiger partial charge on any atom is 0.329 e. The lowest BCUT2D eigenvalue weighted by molar-refractivity contribution is 0.0828. The Morgan fingerprint density at radius 1 is 1.00 bits per heavy atom. The van der Waals surface area contributed by atoms with Crippen molar-refractivity contribution in [2.24, 2.45) is 0 Å². The number of rotatable bonds is 4. The second-order valence-corrected chi connectivity index (χ2v) is 7.75. The average Bonchev–Trinajstić information content (AvgIpc) is 2.58. The molecule has 25 heavy (non-hydrogen) atoms. The molecule has 0 aliphatic carbocycles. The summed E-state index contributed by atoms with van der Waals surface area (Å²) in [6.07, 6.45) is 0. The van der Waals surface area contributed by atoms with Gasteiger partial charge in [0.15, 0.2) is 5.78 Å². The average molecular weight is 358 g/mol. The number of ketones is 1. The van der Waals surface area contributed by atoms with Crippen LogP contribution >= 0.6 is 0 Å². The van der Waals surface area contributed by atoms with Crippen molar-refractivity contribution in [3.05, 3.63) is 65.7 Å². The van der Waals surface area contributed by atoms with Crippen LogP contribution in [0.4, 0.5) is 5.69 Å². The summed E-state index contributed by atoms with van der Waals surface area (Å²) in [4.78, 5) is 25.2. The van der Waals surface area contributed by atoms with E-state index in [1.54, 1.807) is 68.4 Å². The number of hydrogen-bond donors (Lipinski definition) is 0. The van der Waals surface area contributed by atoms with Crippen molar-refractivity contribution >= 4 is 27.6 Å². The summed E-state index contributed by atoms with van der Waals surface area (Å²) in [6.45, 7) is 2.89. The number of Topliss-reactive ketones (excluding diaryl/α,β-unsaturated/α-hetero) is 1.